The van der Waals surface area contributed by atoms with E-state index in [-0.39, 0.29) is 6.54 Å². The molecule has 8 nitrogen and oxygen atoms in total. The number of carbonyl (C=O) groups excluding carboxylic acids is 3. The minimum atomic E-state index is -1.06. The number of hydrogen-bond acceptors (Lipinski definition) is 5. The predicted octanol–water partition coefficient (Wildman–Crippen LogP) is -1.13. The third-order valence-corrected chi connectivity index (χ3v) is 4.52. The number of urea groups is 1. The van der Waals surface area contributed by atoms with Crippen molar-refractivity contribution in [2.75, 3.05) is 39.4 Å². The molecule has 2 aliphatic heterocycles. The zero-order valence-corrected chi connectivity index (χ0v) is 14.5. The van der Waals surface area contributed by atoms with Crippen molar-refractivity contribution in [1.82, 2.24) is 10.2 Å². The van der Waals surface area contributed by atoms with Crippen molar-refractivity contribution in [2.24, 2.45) is 10.9 Å². The van der Waals surface area contributed by atoms with Gasteiger partial charge in [0.1, 0.15) is 13.1 Å². The molecular weight excluding hydrogens is 336 g/mol. The van der Waals surface area contributed by atoms with E-state index in [0.29, 0.717) is 6.54 Å². The Morgan fingerprint density at radius 1 is 1.19 bits per heavy atom. The standard InChI is InChI=1S/C18H22N4O4/c23-16-15(12-19-6-7-21-8-10-26-11-9-21)17(24)22(18(25)20-16)13-14-4-2-1-3-5-14/h1-5,12,15H,6-11,13H2,(H,20,23,25)/p+1/t15-/m0/s1. The van der Waals surface area contributed by atoms with Crippen molar-refractivity contribution in [3.05, 3.63) is 35.9 Å². The molecule has 0 aliphatic carbocycles. The Bertz CT molecular complexity index is 686. The van der Waals surface area contributed by atoms with Gasteiger partial charge in [-0.05, 0) is 5.56 Å². The fourth-order valence-electron chi connectivity index (χ4n) is 2.99. The quantitative estimate of drug-likeness (QED) is 0.496. The van der Waals surface area contributed by atoms with Crippen molar-refractivity contribution in [1.29, 1.82) is 0 Å². The molecular formula is C18H23N4O4+. The molecule has 2 saturated heterocycles. The highest BCUT2D eigenvalue weighted by Crippen LogP contribution is 2.13. The minimum absolute atomic E-state index is 0.126. The largest absolute Gasteiger partial charge is 0.370 e. The first kappa shape index (κ1) is 18.2. The molecule has 2 aliphatic rings. The normalized spacial score (nSPS) is 22.1. The van der Waals surface area contributed by atoms with E-state index in [0.717, 1.165) is 43.3 Å². The third-order valence-electron chi connectivity index (χ3n) is 4.52. The first-order chi connectivity index (χ1) is 12.6. The van der Waals surface area contributed by atoms with E-state index in [1.807, 2.05) is 30.3 Å². The minimum Gasteiger partial charge on any atom is -0.370 e. The van der Waals surface area contributed by atoms with Crippen LogP contribution in [0.2, 0.25) is 0 Å². The molecule has 2 heterocycles. The van der Waals surface area contributed by atoms with Crippen LogP contribution >= 0.6 is 0 Å². The smallest absolute Gasteiger partial charge is 0.331 e. The molecule has 0 aromatic heterocycles. The number of quaternary nitrogens is 1. The molecule has 0 bridgehead atoms. The average Bonchev–Trinajstić information content (AvgIpc) is 2.66. The summed E-state index contributed by atoms with van der Waals surface area (Å²) in [4.78, 5) is 43.3. The first-order valence-corrected chi connectivity index (χ1v) is 8.76. The number of nitrogens with one attached hydrogen (secondary N) is 2. The van der Waals surface area contributed by atoms with Crippen molar-refractivity contribution >= 4 is 24.1 Å². The number of barbiturate groups is 1. The molecule has 3 rings (SSSR count). The summed E-state index contributed by atoms with van der Waals surface area (Å²) in [5.41, 5.74) is 0.817. The van der Waals surface area contributed by atoms with E-state index in [9.17, 15) is 14.4 Å². The monoisotopic (exact) mass is 359 g/mol. The maximum Gasteiger partial charge on any atom is 0.331 e. The van der Waals surface area contributed by atoms with Gasteiger partial charge in [-0.2, -0.15) is 0 Å². The summed E-state index contributed by atoms with van der Waals surface area (Å²) in [7, 11) is 0. The van der Waals surface area contributed by atoms with Crippen molar-refractivity contribution in [3.63, 3.8) is 0 Å². The lowest BCUT2D eigenvalue weighted by atomic mass is 10.1. The van der Waals surface area contributed by atoms with Crippen LogP contribution in [0.15, 0.2) is 35.3 Å². The van der Waals surface area contributed by atoms with Gasteiger partial charge in [-0.1, -0.05) is 30.3 Å². The Kier molecular flexibility index (Phi) is 6.08. The molecule has 1 aromatic rings. The van der Waals surface area contributed by atoms with Gasteiger partial charge >= 0.3 is 6.03 Å². The first-order valence-electron chi connectivity index (χ1n) is 8.76. The van der Waals surface area contributed by atoms with E-state index in [1.54, 1.807) is 0 Å². The lowest BCUT2D eigenvalue weighted by molar-refractivity contribution is -0.906. The average molecular weight is 359 g/mol. The summed E-state index contributed by atoms with van der Waals surface area (Å²) >= 11 is 0. The number of morpholine rings is 1. The maximum atomic E-state index is 12.6. The van der Waals surface area contributed by atoms with Crippen LogP contribution in [0.25, 0.3) is 0 Å². The van der Waals surface area contributed by atoms with Crippen LogP contribution < -0.4 is 10.2 Å². The van der Waals surface area contributed by atoms with Crippen LogP contribution in [0, 0.1) is 5.92 Å². The molecule has 4 amide bonds. The maximum absolute atomic E-state index is 12.6. The van der Waals surface area contributed by atoms with Crippen LogP contribution in [-0.4, -0.2) is 68.4 Å². The summed E-state index contributed by atoms with van der Waals surface area (Å²) in [5, 5.41) is 2.23. The highest BCUT2D eigenvalue weighted by Gasteiger charge is 2.39. The number of benzene rings is 1. The van der Waals surface area contributed by atoms with Gasteiger partial charge in [-0.25, -0.2) is 4.79 Å². The van der Waals surface area contributed by atoms with Gasteiger partial charge in [0.25, 0.3) is 0 Å². The van der Waals surface area contributed by atoms with E-state index >= 15 is 0 Å². The van der Waals surface area contributed by atoms with Crippen LogP contribution in [0.3, 0.4) is 0 Å². The number of ether oxygens (including phenoxy) is 1. The number of hydrogen-bond donors (Lipinski definition) is 2. The van der Waals surface area contributed by atoms with Crippen molar-refractivity contribution in [2.45, 2.75) is 6.54 Å². The summed E-state index contributed by atoms with van der Waals surface area (Å²) in [6.45, 7) is 4.86. The molecule has 1 atom stereocenters. The number of nitrogens with zero attached hydrogens (tertiary/aromatic N) is 2. The van der Waals surface area contributed by atoms with Gasteiger partial charge in [0.2, 0.25) is 11.8 Å². The van der Waals surface area contributed by atoms with Gasteiger partial charge in [0.05, 0.1) is 32.8 Å². The van der Waals surface area contributed by atoms with E-state index in [1.165, 1.54) is 11.1 Å². The molecule has 0 unspecified atom stereocenters. The Hall–Kier alpha value is -2.58. The number of aliphatic imine (C=N–C) groups is 1. The lowest BCUT2D eigenvalue weighted by Crippen LogP contribution is -3.14. The Morgan fingerprint density at radius 2 is 1.92 bits per heavy atom. The van der Waals surface area contributed by atoms with Gasteiger partial charge in [-0.3, -0.25) is 24.8 Å². The molecule has 2 fully saturated rings. The number of imide groups is 2. The highest BCUT2D eigenvalue weighted by atomic mass is 16.5. The van der Waals surface area contributed by atoms with Crippen LogP contribution in [-0.2, 0) is 20.9 Å². The van der Waals surface area contributed by atoms with Gasteiger partial charge in [0.15, 0.2) is 5.92 Å². The van der Waals surface area contributed by atoms with Gasteiger partial charge in [-0.15, -0.1) is 0 Å². The fourth-order valence-corrected chi connectivity index (χ4v) is 2.99. The zero-order chi connectivity index (χ0) is 18.4. The SMILES string of the molecule is O=C1NC(=O)N(Cc2ccccc2)C(=O)[C@H]1C=NCC[NH+]1CCOCC1. The summed E-state index contributed by atoms with van der Waals surface area (Å²) in [6, 6.07) is 8.48. The van der Waals surface area contributed by atoms with Crippen molar-refractivity contribution in [3.8, 4) is 0 Å². The van der Waals surface area contributed by atoms with E-state index in [2.05, 4.69) is 10.3 Å². The zero-order valence-electron chi connectivity index (χ0n) is 14.5. The number of carbonyl (C=O) groups is 3. The third kappa shape index (κ3) is 4.53. The number of amides is 4. The van der Waals surface area contributed by atoms with Crippen molar-refractivity contribution < 1.29 is 24.0 Å². The second-order valence-corrected chi connectivity index (χ2v) is 6.35. The van der Waals surface area contributed by atoms with Gasteiger partial charge in [0, 0.05) is 6.21 Å². The Balaban J connectivity index is 1.58. The summed E-state index contributed by atoms with van der Waals surface area (Å²) in [5.74, 6) is -2.21. The fraction of sp³-hybridized carbons (Fsp3) is 0.444. The summed E-state index contributed by atoms with van der Waals surface area (Å²) < 4.78 is 5.31. The molecule has 0 spiro atoms. The second kappa shape index (κ2) is 8.68. The number of rotatable bonds is 6. The molecule has 0 radical (unpaired) electrons. The summed E-state index contributed by atoms with van der Waals surface area (Å²) in [6.07, 6.45) is 1.36. The second-order valence-electron chi connectivity index (χ2n) is 6.35. The molecule has 26 heavy (non-hydrogen) atoms. The predicted molar refractivity (Wildman–Crippen MR) is 93.8 cm³/mol. The van der Waals surface area contributed by atoms with E-state index in [4.69, 9.17) is 4.74 Å². The molecule has 2 N–H and O–H groups in total. The van der Waals surface area contributed by atoms with Crippen LogP contribution in [0.1, 0.15) is 5.56 Å². The Labute approximate surface area is 151 Å². The molecule has 1 aromatic carbocycles. The topological polar surface area (TPSA) is 92.5 Å². The van der Waals surface area contributed by atoms with Crippen LogP contribution in [0.5, 0.6) is 0 Å². The highest BCUT2D eigenvalue weighted by molar-refractivity contribution is 6.23. The van der Waals surface area contributed by atoms with Gasteiger partial charge < -0.3 is 9.64 Å². The molecule has 0 saturated carbocycles. The Morgan fingerprint density at radius 3 is 2.65 bits per heavy atom. The van der Waals surface area contributed by atoms with Crippen LogP contribution in [0.4, 0.5) is 4.79 Å². The molecule has 8 heteroatoms. The van der Waals surface area contributed by atoms with E-state index < -0.39 is 23.8 Å². The lowest BCUT2D eigenvalue weighted by Gasteiger charge is -2.28. The molecule has 138 valence electrons.